The van der Waals surface area contributed by atoms with Crippen LogP contribution < -0.4 is 5.32 Å². The molecule has 1 unspecified atom stereocenters. The number of amides is 1. The summed E-state index contributed by atoms with van der Waals surface area (Å²) in [6.07, 6.45) is 5.84. The second-order valence-corrected chi connectivity index (χ2v) is 9.00. The van der Waals surface area contributed by atoms with Gasteiger partial charge in [-0.05, 0) is 32.6 Å². The fourth-order valence-electron chi connectivity index (χ4n) is 4.92. The maximum atomic E-state index is 12.4. The van der Waals surface area contributed by atoms with Gasteiger partial charge < -0.3 is 19.9 Å². The van der Waals surface area contributed by atoms with E-state index in [1.54, 1.807) is 0 Å². The highest BCUT2D eigenvalue weighted by Gasteiger charge is 2.42. The second kappa shape index (κ2) is 10.6. The molecule has 1 spiro atoms. The molecule has 7 nitrogen and oxygen atoms in total. The number of piperazine rings is 1. The van der Waals surface area contributed by atoms with Crippen molar-refractivity contribution >= 4 is 35.8 Å². The monoisotopic (exact) mass is 519 g/mol. The molecule has 0 aromatic carbocycles. The lowest BCUT2D eigenvalue weighted by atomic mass is 9.84. The molecule has 29 heavy (non-hydrogen) atoms. The molecule has 1 aliphatic carbocycles. The van der Waals surface area contributed by atoms with Crippen LogP contribution in [0.3, 0.4) is 0 Å². The zero-order valence-corrected chi connectivity index (χ0v) is 20.2. The molecule has 0 aromatic rings. The van der Waals surface area contributed by atoms with E-state index in [-0.39, 0.29) is 24.0 Å². The molecule has 1 amide bonds. The second-order valence-electron chi connectivity index (χ2n) is 9.00. The molecule has 1 atom stereocenters. The number of nitrogens with one attached hydrogen (secondary N) is 1. The number of aliphatic imine (C=N–C) groups is 1. The van der Waals surface area contributed by atoms with E-state index >= 15 is 0 Å². The van der Waals surface area contributed by atoms with Crippen LogP contribution in [-0.2, 0) is 9.53 Å². The predicted octanol–water partition coefficient (Wildman–Crippen LogP) is 1.63. The average Bonchev–Trinajstić information content (AvgIpc) is 3.30. The molecule has 1 saturated carbocycles. The molecule has 3 saturated heterocycles. The van der Waals surface area contributed by atoms with Crippen molar-refractivity contribution in [1.82, 2.24) is 20.0 Å². The largest absolute Gasteiger partial charge is 0.381 e. The summed E-state index contributed by atoms with van der Waals surface area (Å²) in [6, 6.07) is 0. The molecule has 3 aliphatic heterocycles. The van der Waals surface area contributed by atoms with Gasteiger partial charge in [0.25, 0.3) is 0 Å². The van der Waals surface area contributed by atoms with Gasteiger partial charge in [-0.15, -0.1) is 24.0 Å². The number of hydrogen-bond donors (Lipinski definition) is 1. The van der Waals surface area contributed by atoms with Crippen LogP contribution in [0.1, 0.15) is 39.0 Å². The Kier molecular flexibility index (Phi) is 8.44. The van der Waals surface area contributed by atoms with Crippen LogP contribution in [0.15, 0.2) is 4.99 Å². The molecule has 0 bridgehead atoms. The number of carbonyl (C=O) groups is 1. The van der Waals surface area contributed by atoms with Crippen molar-refractivity contribution in [2.45, 2.75) is 39.0 Å². The van der Waals surface area contributed by atoms with E-state index in [1.807, 2.05) is 0 Å². The van der Waals surface area contributed by atoms with Crippen molar-refractivity contribution in [3.05, 3.63) is 0 Å². The van der Waals surface area contributed by atoms with Crippen molar-refractivity contribution in [3.8, 4) is 0 Å². The highest BCUT2D eigenvalue weighted by atomic mass is 127. The Bertz CT molecular complexity index is 569. The van der Waals surface area contributed by atoms with Crippen LogP contribution in [0.5, 0.6) is 0 Å². The van der Waals surface area contributed by atoms with Crippen LogP contribution in [0.4, 0.5) is 0 Å². The lowest BCUT2D eigenvalue weighted by Crippen LogP contribution is -2.51. The summed E-state index contributed by atoms with van der Waals surface area (Å²) in [5.41, 5.74) is 0.361. The van der Waals surface area contributed by atoms with Gasteiger partial charge in [0.05, 0.1) is 13.2 Å². The molecule has 4 rings (SSSR count). The number of halogens is 1. The van der Waals surface area contributed by atoms with Gasteiger partial charge in [0.2, 0.25) is 5.91 Å². The van der Waals surface area contributed by atoms with Crippen molar-refractivity contribution in [1.29, 1.82) is 0 Å². The summed E-state index contributed by atoms with van der Waals surface area (Å²) >= 11 is 0. The fourth-order valence-corrected chi connectivity index (χ4v) is 4.92. The third kappa shape index (κ3) is 5.55. The molecule has 166 valence electrons. The van der Waals surface area contributed by atoms with Gasteiger partial charge in [-0.1, -0.05) is 6.42 Å². The highest BCUT2D eigenvalue weighted by molar-refractivity contribution is 14.0. The van der Waals surface area contributed by atoms with Crippen LogP contribution in [-0.4, -0.2) is 98.7 Å². The normalized spacial score (nSPS) is 28.5. The fraction of sp³-hybridized carbons (Fsp3) is 0.905. The number of rotatable bonds is 5. The minimum atomic E-state index is 0. The molecular formula is C21H38IN5O2. The maximum absolute atomic E-state index is 12.4. The SMILES string of the molecule is CCNC(=NCCN1CCN(C(=O)C2CCC2)CC1)N1CCC2(CCOC2)C1.I. The van der Waals surface area contributed by atoms with Gasteiger partial charge in [0, 0.05) is 70.3 Å². The topological polar surface area (TPSA) is 60.4 Å². The van der Waals surface area contributed by atoms with Gasteiger partial charge in [0.1, 0.15) is 0 Å². The molecule has 4 fully saturated rings. The van der Waals surface area contributed by atoms with Gasteiger partial charge in [-0.25, -0.2) is 0 Å². The first-order chi connectivity index (χ1) is 13.7. The first kappa shape index (κ1) is 23.1. The Hall–Kier alpha value is -0.610. The summed E-state index contributed by atoms with van der Waals surface area (Å²) in [5.74, 6) is 1.79. The Morgan fingerprint density at radius 3 is 2.55 bits per heavy atom. The van der Waals surface area contributed by atoms with E-state index < -0.39 is 0 Å². The Morgan fingerprint density at radius 2 is 1.93 bits per heavy atom. The van der Waals surface area contributed by atoms with Crippen molar-refractivity contribution in [2.75, 3.05) is 72.1 Å². The first-order valence-corrected chi connectivity index (χ1v) is 11.3. The zero-order chi connectivity index (χ0) is 19.4. The predicted molar refractivity (Wildman–Crippen MR) is 126 cm³/mol. The summed E-state index contributed by atoms with van der Waals surface area (Å²) in [5, 5.41) is 3.48. The van der Waals surface area contributed by atoms with Crippen LogP contribution in [0.25, 0.3) is 0 Å². The molecule has 4 aliphatic rings. The Morgan fingerprint density at radius 1 is 1.14 bits per heavy atom. The number of ether oxygens (including phenoxy) is 1. The molecule has 8 heteroatoms. The van der Waals surface area contributed by atoms with E-state index in [9.17, 15) is 4.79 Å². The number of carbonyl (C=O) groups excluding carboxylic acids is 1. The van der Waals surface area contributed by atoms with Gasteiger partial charge in [-0.3, -0.25) is 14.7 Å². The van der Waals surface area contributed by atoms with Gasteiger partial charge in [0.15, 0.2) is 5.96 Å². The van der Waals surface area contributed by atoms with Crippen molar-refractivity contribution < 1.29 is 9.53 Å². The Balaban J connectivity index is 0.00000240. The summed E-state index contributed by atoms with van der Waals surface area (Å²) in [7, 11) is 0. The smallest absolute Gasteiger partial charge is 0.225 e. The Labute approximate surface area is 192 Å². The number of guanidine groups is 1. The summed E-state index contributed by atoms with van der Waals surface area (Å²) in [6.45, 7) is 12.5. The third-order valence-electron chi connectivity index (χ3n) is 7.07. The quantitative estimate of drug-likeness (QED) is 0.340. The summed E-state index contributed by atoms with van der Waals surface area (Å²) in [4.78, 5) is 24.3. The van der Waals surface area contributed by atoms with Gasteiger partial charge in [-0.2, -0.15) is 0 Å². The number of nitrogens with zero attached hydrogens (tertiary/aromatic N) is 4. The number of hydrogen-bond acceptors (Lipinski definition) is 4. The van der Waals surface area contributed by atoms with E-state index in [2.05, 4.69) is 26.9 Å². The molecule has 0 radical (unpaired) electrons. The molecule has 0 aromatic heterocycles. The van der Waals surface area contributed by atoms with Crippen molar-refractivity contribution in [2.24, 2.45) is 16.3 Å². The van der Waals surface area contributed by atoms with Crippen molar-refractivity contribution in [3.63, 3.8) is 0 Å². The summed E-state index contributed by atoms with van der Waals surface area (Å²) < 4.78 is 5.66. The van der Waals surface area contributed by atoms with E-state index in [0.29, 0.717) is 17.2 Å². The molecular weight excluding hydrogens is 481 g/mol. The lowest BCUT2D eigenvalue weighted by Gasteiger charge is -2.38. The third-order valence-corrected chi connectivity index (χ3v) is 7.07. The lowest BCUT2D eigenvalue weighted by molar-refractivity contribution is -0.139. The minimum Gasteiger partial charge on any atom is -0.381 e. The average molecular weight is 519 g/mol. The van der Waals surface area contributed by atoms with E-state index in [1.165, 1.54) is 19.3 Å². The van der Waals surface area contributed by atoms with Crippen LogP contribution in [0.2, 0.25) is 0 Å². The minimum absolute atomic E-state index is 0. The van der Waals surface area contributed by atoms with E-state index in [0.717, 1.165) is 90.9 Å². The maximum Gasteiger partial charge on any atom is 0.225 e. The van der Waals surface area contributed by atoms with E-state index in [4.69, 9.17) is 9.73 Å². The zero-order valence-electron chi connectivity index (χ0n) is 17.9. The van der Waals surface area contributed by atoms with Crippen LogP contribution >= 0.6 is 24.0 Å². The molecule has 3 heterocycles. The first-order valence-electron chi connectivity index (χ1n) is 11.3. The number of likely N-dealkylation sites (tertiary alicyclic amines) is 1. The van der Waals surface area contributed by atoms with Crippen LogP contribution in [0, 0.1) is 11.3 Å². The highest BCUT2D eigenvalue weighted by Crippen LogP contribution is 2.38. The standard InChI is InChI=1S/C21H37N5O2.HI/c1-2-22-20(26-9-6-21(16-26)7-15-28-17-21)23-8-10-24-11-13-25(14-12-24)19(27)18-4-3-5-18;/h18H,2-17H2,1H3,(H,22,23);1H. The van der Waals surface area contributed by atoms with Gasteiger partial charge >= 0.3 is 0 Å². The molecule has 1 N–H and O–H groups in total.